The molecule has 2 aromatic carbocycles. The van der Waals surface area contributed by atoms with E-state index in [0.717, 1.165) is 12.1 Å². The molecule has 0 atom stereocenters. The van der Waals surface area contributed by atoms with Crippen molar-refractivity contribution in [2.45, 2.75) is 13.3 Å². The van der Waals surface area contributed by atoms with Gasteiger partial charge in [0.05, 0.1) is 0 Å². The first-order chi connectivity index (χ1) is 10.1. The third kappa shape index (κ3) is 3.99. The molecule has 4 heteroatoms. The molecule has 2 aromatic rings. The average Bonchev–Trinajstić information content (AvgIpc) is 2.53. The van der Waals surface area contributed by atoms with Crippen molar-refractivity contribution >= 4 is 17.3 Å². The number of rotatable bonds is 5. The zero-order valence-electron chi connectivity index (χ0n) is 12.4. The van der Waals surface area contributed by atoms with Crippen LogP contribution in [0, 0.1) is 0 Å². The van der Waals surface area contributed by atoms with Gasteiger partial charge >= 0.3 is 0 Å². The maximum absolute atomic E-state index is 12.1. The van der Waals surface area contributed by atoms with Gasteiger partial charge in [-0.1, -0.05) is 19.1 Å². The van der Waals surface area contributed by atoms with Gasteiger partial charge in [-0.15, -0.1) is 0 Å². The molecule has 2 rings (SSSR count). The number of benzene rings is 2. The molecule has 0 spiro atoms. The first kappa shape index (κ1) is 14.9. The lowest BCUT2D eigenvalue weighted by molar-refractivity contribution is -0.120. The van der Waals surface area contributed by atoms with Crippen LogP contribution in [0.15, 0.2) is 48.5 Å². The van der Waals surface area contributed by atoms with Crippen molar-refractivity contribution in [1.82, 2.24) is 0 Å². The van der Waals surface area contributed by atoms with E-state index in [2.05, 4.69) is 6.92 Å². The van der Waals surface area contributed by atoms with Gasteiger partial charge in [0.25, 0.3) is 5.91 Å². The molecule has 0 unspecified atom stereocenters. The Balaban J connectivity index is 1.96. The predicted molar refractivity (Wildman–Crippen MR) is 85.6 cm³/mol. The number of nitrogens with two attached hydrogens (primary N) is 1. The van der Waals surface area contributed by atoms with Crippen molar-refractivity contribution in [3.05, 3.63) is 54.1 Å². The van der Waals surface area contributed by atoms with E-state index < -0.39 is 0 Å². The number of hydrogen-bond donors (Lipinski definition) is 1. The van der Waals surface area contributed by atoms with Crippen LogP contribution in [0.4, 0.5) is 11.4 Å². The van der Waals surface area contributed by atoms with Crippen molar-refractivity contribution in [1.29, 1.82) is 0 Å². The molecule has 4 nitrogen and oxygen atoms in total. The second kappa shape index (κ2) is 6.79. The highest BCUT2D eigenvalue weighted by atomic mass is 16.5. The molecular formula is C17H20N2O2. The van der Waals surface area contributed by atoms with Gasteiger partial charge in [-0.2, -0.15) is 0 Å². The van der Waals surface area contributed by atoms with Crippen LogP contribution >= 0.6 is 0 Å². The molecule has 110 valence electrons. The lowest BCUT2D eigenvalue weighted by Crippen LogP contribution is -2.31. The maximum Gasteiger partial charge on any atom is 0.264 e. The van der Waals surface area contributed by atoms with E-state index in [1.807, 2.05) is 36.4 Å². The molecule has 0 saturated carbocycles. The minimum atomic E-state index is -0.110. The van der Waals surface area contributed by atoms with E-state index in [1.165, 1.54) is 5.56 Å². The van der Waals surface area contributed by atoms with Crippen molar-refractivity contribution in [2.75, 3.05) is 24.3 Å². The van der Waals surface area contributed by atoms with Crippen LogP contribution in [0.2, 0.25) is 0 Å². The standard InChI is InChI=1S/C17H20N2O2/c1-3-13-5-4-6-16(11-13)21-12-17(20)19(2)15-9-7-14(18)8-10-15/h4-11H,3,12,18H2,1-2H3. The number of aryl methyl sites for hydroxylation is 1. The van der Waals surface area contributed by atoms with Crippen LogP contribution in [0.5, 0.6) is 5.75 Å². The molecule has 2 N–H and O–H groups in total. The van der Waals surface area contributed by atoms with Crippen LogP contribution in [0.1, 0.15) is 12.5 Å². The first-order valence-corrected chi connectivity index (χ1v) is 6.94. The molecule has 0 radical (unpaired) electrons. The fraction of sp³-hybridized carbons (Fsp3) is 0.235. The summed E-state index contributed by atoms with van der Waals surface area (Å²) in [6, 6.07) is 14.9. The van der Waals surface area contributed by atoms with Gasteiger partial charge in [0, 0.05) is 18.4 Å². The second-order valence-corrected chi connectivity index (χ2v) is 4.83. The molecule has 0 fully saturated rings. The Morgan fingerprint density at radius 1 is 1.19 bits per heavy atom. The van der Waals surface area contributed by atoms with E-state index in [0.29, 0.717) is 11.4 Å². The third-order valence-corrected chi connectivity index (χ3v) is 3.32. The van der Waals surface area contributed by atoms with Gasteiger partial charge in [-0.3, -0.25) is 4.79 Å². The molecule has 0 bridgehead atoms. The highest BCUT2D eigenvalue weighted by molar-refractivity contribution is 5.94. The van der Waals surface area contributed by atoms with E-state index >= 15 is 0 Å². The van der Waals surface area contributed by atoms with E-state index in [4.69, 9.17) is 10.5 Å². The Hall–Kier alpha value is -2.49. The number of nitrogen functional groups attached to an aromatic ring is 1. The number of nitrogens with zero attached hydrogens (tertiary/aromatic N) is 1. The Kier molecular flexibility index (Phi) is 4.82. The van der Waals surface area contributed by atoms with Gasteiger partial charge in [0.15, 0.2) is 6.61 Å². The van der Waals surface area contributed by atoms with Gasteiger partial charge in [-0.25, -0.2) is 0 Å². The highest BCUT2D eigenvalue weighted by Crippen LogP contribution is 2.16. The third-order valence-electron chi connectivity index (χ3n) is 3.32. The fourth-order valence-corrected chi connectivity index (χ4v) is 1.94. The highest BCUT2D eigenvalue weighted by Gasteiger charge is 2.11. The van der Waals surface area contributed by atoms with Crippen LogP contribution in [0.25, 0.3) is 0 Å². The Morgan fingerprint density at radius 2 is 1.90 bits per heavy atom. The minimum absolute atomic E-state index is 0.00798. The van der Waals surface area contributed by atoms with Crippen LogP contribution in [-0.4, -0.2) is 19.6 Å². The molecule has 0 aromatic heterocycles. The molecule has 0 heterocycles. The molecular weight excluding hydrogens is 264 g/mol. The van der Waals surface area contributed by atoms with Crippen molar-refractivity contribution < 1.29 is 9.53 Å². The SMILES string of the molecule is CCc1cccc(OCC(=O)N(C)c2ccc(N)cc2)c1. The zero-order chi connectivity index (χ0) is 15.2. The van der Waals surface area contributed by atoms with Gasteiger partial charge < -0.3 is 15.4 Å². The Morgan fingerprint density at radius 3 is 2.57 bits per heavy atom. The van der Waals surface area contributed by atoms with Crippen LogP contribution < -0.4 is 15.4 Å². The number of ether oxygens (including phenoxy) is 1. The van der Waals surface area contributed by atoms with Crippen LogP contribution in [-0.2, 0) is 11.2 Å². The summed E-state index contributed by atoms with van der Waals surface area (Å²) >= 11 is 0. The topological polar surface area (TPSA) is 55.6 Å². The summed E-state index contributed by atoms with van der Waals surface area (Å²) in [6.45, 7) is 2.09. The monoisotopic (exact) mass is 284 g/mol. The predicted octanol–water partition coefficient (Wildman–Crippen LogP) is 2.87. The zero-order valence-corrected chi connectivity index (χ0v) is 12.4. The Bertz CT molecular complexity index is 608. The lowest BCUT2D eigenvalue weighted by Gasteiger charge is -2.18. The molecule has 1 amide bonds. The Labute approximate surface area is 125 Å². The van der Waals surface area contributed by atoms with Gasteiger partial charge in [0.2, 0.25) is 0 Å². The minimum Gasteiger partial charge on any atom is -0.484 e. The van der Waals surface area contributed by atoms with Crippen molar-refractivity contribution in [2.24, 2.45) is 0 Å². The first-order valence-electron chi connectivity index (χ1n) is 6.94. The number of amides is 1. The van der Waals surface area contributed by atoms with Gasteiger partial charge in [0.1, 0.15) is 5.75 Å². The van der Waals surface area contributed by atoms with Crippen molar-refractivity contribution in [3.8, 4) is 5.75 Å². The molecule has 0 saturated heterocycles. The summed E-state index contributed by atoms with van der Waals surface area (Å²) in [4.78, 5) is 13.7. The van der Waals surface area contributed by atoms with Gasteiger partial charge in [-0.05, 0) is 48.4 Å². The largest absolute Gasteiger partial charge is 0.484 e. The summed E-state index contributed by atoms with van der Waals surface area (Å²) in [5.41, 5.74) is 8.29. The van der Waals surface area contributed by atoms with E-state index in [-0.39, 0.29) is 12.5 Å². The number of anilines is 2. The second-order valence-electron chi connectivity index (χ2n) is 4.83. The summed E-state index contributed by atoms with van der Waals surface area (Å²) in [5.74, 6) is 0.607. The fourth-order valence-electron chi connectivity index (χ4n) is 1.94. The summed E-state index contributed by atoms with van der Waals surface area (Å²) in [5, 5.41) is 0. The van der Waals surface area contributed by atoms with Crippen LogP contribution in [0.3, 0.4) is 0 Å². The quantitative estimate of drug-likeness (QED) is 0.859. The van der Waals surface area contributed by atoms with Crippen molar-refractivity contribution in [3.63, 3.8) is 0 Å². The molecule has 0 aliphatic heterocycles. The molecule has 0 aliphatic carbocycles. The normalized spacial score (nSPS) is 10.2. The molecule has 21 heavy (non-hydrogen) atoms. The summed E-state index contributed by atoms with van der Waals surface area (Å²) in [6.07, 6.45) is 0.941. The molecule has 0 aliphatic rings. The van der Waals surface area contributed by atoms with E-state index in [9.17, 15) is 4.79 Å². The van der Waals surface area contributed by atoms with E-state index in [1.54, 1.807) is 24.1 Å². The number of carbonyl (C=O) groups is 1. The summed E-state index contributed by atoms with van der Waals surface area (Å²) in [7, 11) is 1.72. The average molecular weight is 284 g/mol. The number of hydrogen-bond acceptors (Lipinski definition) is 3. The summed E-state index contributed by atoms with van der Waals surface area (Å²) < 4.78 is 5.56. The number of carbonyl (C=O) groups excluding carboxylic acids is 1. The smallest absolute Gasteiger partial charge is 0.264 e. The number of likely N-dealkylation sites (N-methyl/N-ethyl adjacent to an activating group) is 1. The lowest BCUT2D eigenvalue weighted by atomic mass is 10.2. The maximum atomic E-state index is 12.1.